The van der Waals surface area contributed by atoms with Crippen LogP contribution in [-0.4, -0.2) is 13.9 Å². The minimum absolute atomic E-state index is 0.229. The Balaban J connectivity index is 1.84. The Labute approximate surface area is 122 Å². The van der Waals surface area contributed by atoms with Gasteiger partial charge in [0.1, 0.15) is 11.8 Å². The fourth-order valence-corrected chi connectivity index (χ4v) is 2.22. The van der Waals surface area contributed by atoms with Gasteiger partial charge in [0.25, 0.3) is 0 Å². The molecule has 21 heavy (non-hydrogen) atoms. The number of benzene rings is 2. The van der Waals surface area contributed by atoms with Gasteiger partial charge in [-0.25, -0.2) is 0 Å². The molecule has 0 amide bonds. The Bertz CT molecular complexity index is 707. The van der Waals surface area contributed by atoms with Crippen LogP contribution in [0.5, 0.6) is 17.2 Å². The Kier molecular flexibility index (Phi) is 3.52. The molecule has 5 heteroatoms. The van der Waals surface area contributed by atoms with Gasteiger partial charge in [-0.1, -0.05) is 12.1 Å². The normalized spacial score (nSPS) is 11.8. The van der Waals surface area contributed by atoms with Crippen LogP contribution in [-0.2, 0) is 6.54 Å². The van der Waals surface area contributed by atoms with Crippen LogP contribution in [0.1, 0.15) is 11.1 Å². The van der Waals surface area contributed by atoms with Crippen LogP contribution in [0.25, 0.3) is 0 Å². The minimum atomic E-state index is 0.229. The predicted molar refractivity (Wildman–Crippen MR) is 77.6 cm³/mol. The van der Waals surface area contributed by atoms with Gasteiger partial charge >= 0.3 is 0 Å². The quantitative estimate of drug-likeness (QED) is 0.934. The molecule has 0 saturated carbocycles. The highest BCUT2D eigenvalue weighted by molar-refractivity contribution is 5.58. The molecule has 106 valence electrons. The lowest BCUT2D eigenvalue weighted by Gasteiger charge is -2.12. The molecule has 0 unspecified atom stereocenters. The maximum Gasteiger partial charge on any atom is 0.231 e. The highest BCUT2D eigenvalue weighted by Crippen LogP contribution is 2.38. The lowest BCUT2D eigenvalue weighted by molar-refractivity contribution is 0.174. The van der Waals surface area contributed by atoms with E-state index in [9.17, 15) is 0 Å². The van der Waals surface area contributed by atoms with Gasteiger partial charge in [-0.3, -0.25) is 0 Å². The van der Waals surface area contributed by atoms with E-state index in [1.165, 1.54) is 0 Å². The summed E-state index contributed by atoms with van der Waals surface area (Å²) >= 11 is 0. The van der Waals surface area contributed by atoms with Crippen LogP contribution in [0.2, 0.25) is 0 Å². The van der Waals surface area contributed by atoms with E-state index in [0.717, 1.165) is 17.0 Å². The first-order valence-corrected chi connectivity index (χ1v) is 6.51. The average Bonchev–Trinajstić information content (AvgIpc) is 2.99. The minimum Gasteiger partial charge on any atom is -0.496 e. The van der Waals surface area contributed by atoms with E-state index in [2.05, 4.69) is 11.4 Å². The van der Waals surface area contributed by atoms with Crippen LogP contribution in [0.15, 0.2) is 36.4 Å². The fraction of sp³-hybridized carbons (Fsp3) is 0.188. The summed E-state index contributed by atoms with van der Waals surface area (Å²) in [5, 5.41) is 12.3. The van der Waals surface area contributed by atoms with E-state index in [1.807, 2.05) is 30.3 Å². The van der Waals surface area contributed by atoms with Crippen molar-refractivity contribution in [1.29, 1.82) is 5.26 Å². The number of nitrogens with zero attached hydrogens (tertiary/aromatic N) is 1. The molecule has 1 aliphatic rings. The lowest BCUT2D eigenvalue weighted by atomic mass is 10.1. The number of ether oxygens (including phenoxy) is 3. The van der Waals surface area contributed by atoms with Crippen LogP contribution >= 0.6 is 0 Å². The summed E-state index contributed by atoms with van der Waals surface area (Å²) in [6.45, 7) is 0.755. The third-order valence-electron chi connectivity index (χ3n) is 3.29. The largest absolute Gasteiger partial charge is 0.496 e. The molecule has 0 bridgehead atoms. The van der Waals surface area contributed by atoms with Crippen LogP contribution in [0.3, 0.4) is 0 Å². The molecule has 0 fully saturated rings. The number of anilines is 1. The predicted octanol–water partition coefficient (Wildman–Crippen LogP) is 2.91. The molecule has 3 rings (SSSR count). The van der Waals surface area contributed by atoms with Crippen molar-refractivity contribution in [1.82, 2.24) is 0 Å². The monoisotopic (exact) mass is 282 g/mol. The van der Waals surface area contributed by atoms with Gasteiger partial charge in [-0.2, -0.15) is 5.26 Å². The summed E-state index contributed by atoms with van der Waals surface area (Å²) in [6.07, 6.45) is 0. The van der Waals surface area contributed by atoms with E-state index < -0.39 is 0 Å². The lowest BCUT2D eigenvalue weighted by Crippen LogP contribution is -2.03. The van der Waals surface area contributed by atoms with Crippen molar-refractivity contribution in [3.8, 4) is 23.3 Å². The maximum absolute atomic E-state index is 9.09. The maximum atomic E-state index is 9.09. The summed E-state index contributed by atoms with van der Waals surface area (Å²) in [5.74, 6) is 2.12. The number of rotatable bonds is 4. The number of nitrogens with one attached hydrogen (secondary N) is 1. The van der Waals surface area contributed by atoms with Gasteiger partial charge in [0, 0.05) is 18.2 Å². The molecule has 0 spiro atoms. The zero-order valence-corrected chi connectivity index (χ0v) is 11.6. The van der Waals surface area contributed by atoms with Crippen molar-refractivity contribution in [3.05, 3.63) is 47.5 Å². The molecular weight excluding hydrogens is 268 g/mol. The molecule has 2 aromatic rings. The van der Waals surface area contributed by atoms with Gasteiger partial charge in [-0.05, 0) is 18.2 Å². The summed E-state index contributed by atoms with van der Waals surface area (Å²) in [7, 11) is 1.62. The van der Waals surface area contributed by atoms with Crippen LogP contribution in [0, 0.1) is 11.3 Å². The fourth-order valence-electron chi connectivity index (χ4n) is 2.22. The Morgan fingerprint density at radius 3 is 2.76 bits per heavy atom. The number of fused-ring (bicyclic) bond motifs is 1. The molecule has 1 N–H and O–H groups in total. The number of hydrogen-bond donors (Lipinski definition) is 1. The molecule has 0 radical (unpaired) electrons. The SMILES string of the molecule is COc1cc2c(cc1CNc1ccccc1C#N)OCO2. The molecule has 0 aromatic heterocycles. The smallest absolute Gasteiger partial charge is 0.231 e. The zero-order valence-electron chi connectivity index (χ0n) is 11.6. The van der Waals surface area contributed by atoms with Crippen LogP contribution in [0.4, 0.5) is 5.69 Å². The van der Waals surface area contributed by atoms with Crippen molar-refractivity contribution in [2.24, 2.45) is 0 Å². The Morgan fingerprint density at radius 1 is 1.24 bits per heavy atom. The Hall–Kier alpha value is -2.87. The Morgan fingerprint density at radius 2 is 2.00 bits per heavy atom. The van der Waals surface area contributed by atoms with E-state index in [0.29, 0.717) is 23.6 Å². The van der Waals surface area contributed by atoms with Crippen molar-refractivity contribution < 1.29 is 14.2 Å². The standard InChI is InChI=1S/C16H14N2O3/c1-19-14-7-16-15(20-10-21-16)6-12(14)9-18-13-5-3-2-4-11(13)8-17/h2-7,18H,9-10H2,1H3. The van der Waals surface area contributed by atoms with Gasteiger partial charge in [0.2, 0.25) is 6.79 Å². The first-order valence-electron chi connectivity index (χ1n) is 6.51. The van der Waals surface area contributed by atoms with Gasteiger partial charge < -0.3 is 19.5 Å². The van der Waals surface area contributed by atoms with E-state index >= 15 is 0 Å². The third-order valence-corrected chi connectivity index (χ3v) is 3.29. The summed E-state index contributed by atoms with van der Waals surface area (Å²) < 4.78 is 16.1. The molecular formula is C16H14N2O3. The second kappa shape index (κ2) is 5.63. The molecule has 0 atom stereocenters. The molecule has 5 nitrogen and oxygen atoms in total. The second-order valence-corrected chi connectivity index (χ2v) is 4.53. The van der Waals surface area contributed by atoms with Crippen molar-refractivity contribution in [2.75, 3.05) is 19.2 Å². The van der Waals surface area contributed by atoms with Gasteiger partial charge in [-0.15, -0.1) is 0 Å². The van der Waals surface area contributed by atoms with Crippen LogP contribution < -0.4 is 19.5 Å². The molecule has 1 aliphatic heterocycles. The van der Waals surface area contributed by atoms with Gasteiger partial charge in [0.15, 0.2) is 11.5 Å². The highest BCUT2D eigenvalue weighted by Gasteiger charge is 2.17. The zero-order chi connectivity index (χ0) is 14.7. The van der Waals surface area contributed by atoms with Crippen molar-refractivity contribution >= 4 is 5.69 Å². The summed E-state index contributed by atoms with van der Waals surface area (Å²) in [4.78, 5) is 0. The van der Waals surface area contributed by atoms with Crippen molar-refractivity contribution in [3.63, 3.8) is 0 Å². The number of nitriles is 1. The van der Waals surface area contributed by atoms with Gasteiger partial charge in [0.05, 0.1) is 18.4 Å². The third kappa shape index (κ3) is 2.56. The summed E-state index contributed by atoms with van der Waals surface area (Å²) in [5.41, 5.74) is 2.34. The molecule has 2 aromatic carbocycles. The van der Waals surface area contributed by atoms with E-state index in [-0.39, 0.29) is 6.79 Å². The number of hydrogen-bond acceptors (Lipinski definition) is 5. The number of para-hydroxylation sites is 1. The van der Waals surface area contributed by atoms with Crippen molar-refractivity contribution in [2.45, 2.75) is 6.54 Å². The van der Waals surface area contributed by atoms with E-state index in [4.69, 9.17) is 19.5 Å². The number of methoxy groups -OCH3 is 1. The average molecular weight is 282 g/mol. The first-order chi connectivity index (χ1) is 10.3. The highest BCUT2D eigenvalue weighted by atomic mass is 16.7. The topological polar surface area (TPSA) is 63.5 Å². The van der Waals surface area contributed by atoms with E-state index in [1.54, 1.807) is 13.2 Å². The molecule has 0 saturated heterocycles. The first kappa shape index (κ1) is 13.1. The summed E-state index contributed by atoms with van der Waals surface area (Å²) in [6, 6.07) is 13.2. The second-order valence-electron chi connectivity index (χ2n) is 4.53. The molecule has 1 heterocycles. The molecule has 0 aliphatic carbocycles.